The van der Waals surface area contributed by atoms with Crippen molar-refractivity contribution in [3.8, 4) is 11.8 Å². The molecule has 1 aromatic carbocycles. The molecule has 0 bridgehead atoms. The summed E-state index contributed by atoms with van der Waals surface area (Å²) in [5, 5.41) is 4.86. The predicted molar refractivity (Wildman–Crippen MR) is 111 cm³/mol. The van der Waals surface area contributed by atoms with Gasteiger partial charge in [-0.15, -0.1) is 0 Å². The third-order valence-corrected chi connectivity index (χ3v) is 3.64. The van der Waals surface area contributed by atoms with E-state index in [-0.39, 0.29) is 0 Å². The van der Waals surface area contributed by atoms with Crippen molar-refractivity contribution < 1.29 is 9.18 Å². The van der Waals surface area contributed by atoms with Crippen LogP contribution in [0.5, 0.6) is 0 Å². The quantitative estimate of drug-likeness (QED) is 0.397. The van der Waals surface area contributed by atoms with E-state index in [1.807, 2.05) is 55.3 Å². The highest BCUT2D eigenvalue weighted by atomic mass is 35.5. The van der Waals surface area contributed by atoms with Crippen molar-refractivity contribution in [2.24, 2.45) is 7.05 Å². The second-order valence-corrected chi connectivity index (χ2v) is 5.56. The highest BCUT2D eigenvalue weighted by molar-refractivity contribution is 6.30. The molecule has 27 heavy (non-hydrogen) atoms. The molecule has 0 saturated heterocycles. The second kappa shape index (κ2) is 11.5. The maximum Gasteiger partial charge on any atom is 0.142 e. The van der Waals surface area contributed by atoms with E-state index >= 15 is 0 Å². The Morgan fingerprint density at radius 2 is 1.89 bits per heavy atom. The fraction of sp³-hybridized carbons (Fsp3) is 0.143. The van der Waals surface area contributed by atoms with Crippen LogP contribution in [0.15, 0.2) is 55.4 Å². The fourth-order valence-electron chi connectivity index (χ4n) is 2.17. The number of alkyl halides is 1. The standard InChI is InChI=1S/C17H14ClN3.C3H4O.CH3F/c1-19-15-9-16-13(11-21(2)17(16)20-10-15)6-3-12-4-7-14(18)8-5-12;1-2-3-4;1-2/h4-5,7-11,19H,1-2H3;2-3H,1H2;1H3. The van der Waals surface area contributed by atoms with Gasteiger partial charge in [-0.2, -0.15) is 0 Å². The summed E-state index contributed by atoms with van der Waals surface area (Å²) < 4.78 is 11.5. The molecule has 0 radical (unpaired) electrons. The maximum absolute atomic E-state index is 9.50. The number of aromatic nitrogens is 2. The molecule has 0 amide bonds. The minimum absolute atomic E-state index is 0.500. The molecule has 0 fully saturated rings. The lowest BCUT2D eigenvalue weighted by Crippen LogP contribution is -1.91. The third-order valence-electron chi connectivity index (χ3n) is 3.38. The predicted octanol–water partition coefficient (Wildman–Crippen LogP) is 4.63. The Morgan fingerprint density at radius 3 is 2.44 bits per heavy atom. The van der Waals surface area contributed by atoms with Gasteiger partial charge in [0, 0.05) is 36.3 Å². The van der Waals surface area contributed by atoms with Crippen LogP contribution >= 0.6 is 11.6 Å². The van der Waals surface area contributed by atoms with E-state index in [0.717, 1.165) is 27.8 Å². The largest absolute Gasteiger partial charge is 0.387 e. The summed E-state index contributed by atoms with van der Waals surface area (Å²) in [5.41, 5.74) is 3.80. The van der Waals surface area contributed by atoms with Gasteiger partial charge >= 0.3 is 0 Å². The Kier molecular flexibility index (Phi) is 9.35. The number of fused-ring (bicyclic) bond motifs is 1. The molecule has 140 valence electrons. The van der Waals surface area contributed by atoms with Gasteiger partial charge in [-0.05, 0) is 36.4 Å². The molecule has 2 aromatic heterocycles. The first kappa shape index (κ1) is 21.9. The van der Waals surface area contributed by atoms with Gasteiger partial charge in [-0.1, -0.05) is 30.0 Å². The Balaban J connectivity index is 0.000000541. The van der Waals surface area contributed by atoms with Gasteiger partial charge in [0.25, 0.3) is 0 Å². The number of benzene rings is 1. The molecule has 0 unspecified atom stereocenters. The molecule has 2 heterocycles. The van der Waals surface area contributed by atoms with Gasteiger partial charge < -0.3 is 9.88 Å². The molecule has 0 spiro atoms. The van der Waals surface area contributed by atoms with Crippen molar-refractivity contribution in [2.45, 2.75) is 0 Å². The van der Waals surface area contributed by atoms with Crippen molar-refractivity contribution in [3.63, 3.8) is 0 Å². The van der Waals surface area contributed by atoms with Crippen LogP contribution < -0.4 is 5.32 Å². The van der Waals surface area contributed by atoms with E-state index in [9.17, 15) is 4.39 Å². The van der Waals surface area contributed by atoms with Crippen LogP contribution in [0.3, 0.4) is 0 Å². The maximum atomic E-state index is 9.50. The number of aldehydes is 1. The van der Waals surface area contributed by atoms with Gasteiger partial charge in [0.15, 0.2) is 0 Å². The first-order chi connectivity index (χ1) is 13.1. The van der Waals surface area contributed by atoms with Crippen molar-refractivity contribution in [1.29, 1.82) is 0 Å². The van der Waals surface area contributed by atoms with E-state index in [4.69, 9.17) is 16.4 Å². The third kappa shape index (κ3) is 6.28. The van der Waals surface area contributed by atoms with Crippen LogP contribution in [-0.2, 0) is 11.8 Å². The van der Waals surface area contributed by atoms with Crippen molar-refractivity contribution in [2.75, 3.05) is 19.5 Å². The monoisotopic (exact) mass is 385 g/mol. The number of hydrogen-bond acceptors (Lipinski definition) is 3. The number of rotatable bonds is 2. The summed E-state index contributed by atoms with van der Waals surface area (Å²) in [6, 6.07) is 9.58. The summed E-state index contributed by atoms with van der Waals surface area (Å²) in [6.45, 7) is 3.11. The zero-order valence-corrected chi connectivity index (χ0v) is 16.2. The Labute approximate surface area is 163 Å². The Bertz CT molecular complexity index is 947. The first-order valence-corrected chi connectivity index (χ1v) is 8.31. The van der Waals surface area contributed by atoms with Gasteiger partial charge in [0.05, 0.1) is 24.6 Å². The zero-order valence-electron chi connectivity index (χ0n) is 15.5. The van der Waals surface area contributed by atoms with E-state index < -0.39 is 0 Å². The molecular weight excluding hydrogens is 365 g/mol. The van der Waals surface area contributed by atoms with Crippen LogP contribution in [0, 0.1) is 11.8 Å². The number of nitrogens with one attached hydrogen (secondary N) is 1. The smallest absolute Gasteiger partial charge is 0.142 e. The number of allylic oxidation sites excluding steroid dienone is 1. The summed E-state index contributed by atoms with van der Waals surface area (Å²) in [7, 11) is 4.35. The molecule has 0 aliphatic carbocycles. The van der Waals surface area contributed by atoms with E-state index in [1.54, 1.807) is 0 Å². The SMILES string of the molecule is C=CC=O.CF.CNc1cnc2c(c1)c(C#Cc1ccc(Cl)cc1)cn2C. The first-order valence-electron chi connectivity index (χ1n) is 7.93. The molecule has 0 aliphatic heterocycles. The number of hydrogen-bond donors (Lipinski definition) is 1. The molecule has 0 atom stereocenters. The molecule has 1 N–H and O–H groups in total. The molecule has 3 aromatic rings. The van der Waals surface area contributed by atoms with Gasteiger partial charge in [-0.25, -0.2) is 4.98 Å². The summed E-state index contributed by atoms with van der Waals surface area (Å²) >= 11 is 5.88. The molecule has 3 rings (SSSR count). The lowest BCUT2D eigenvalue weighted by Gasteiger charge is -1.99. The van der Waals surface area contributed by atoms with Gasteiger partial charge in [0.1, 0.15) is 11.9 Å². The van der Waals surface area contributed by atoms with E-state index in [1.165, 1.54) is 6.08 Å². The van der Waals surface area contributed by atoms with Crippen molar-refractivity contribution in [1.82, 2.24) is 9.55 Å². The second-order valence-electron chi connectivity index (χ2n) is 5.13. The van der Waals surface area contributed by atoms with Crippen LogP contribution in [0.2, 0.25) is 5.02 Å². The lowest BCUT2D eigenvalue weighted by atomic mass is 10.2. The number of anilines is 1. The number of pyridine rings is 1. The van der Waals surface area contributed by atoms with Crippen LogP contribution in [0.25, 0.3) is 11.0 Å². The number of carbonyl (C=O) groups excluding carboxylic acids is 1. The lowest BCUT2D eigenvalue weighted by molar-refractivity contribution is -0.104. The fourth-order valence-corrected chi connectivity index (χ4v) is 2.30. The number of nitrogens with zero attached hydrogens (tertiary/aromatic N) is 2. The number of aryl methyl sites for hydroxylation is 1. The topological polar surface area (TPSA) is 46.9 Å². The Hall–Kier alpha value is -3.10. The molecule has 6 heteroatoms. The average Bonchev–Trinajstić information content (AvgIpc) is 3.04. The van der Waals surface area contributed by atoms with E-state index in [0.29, 0.717) is 18.5 Å². The van der Waals surface area contributed by atoms with Crippen LogP contribution in [0.1, 0.15) is 11.1 Å². The highest BCUT2D eigenvalue weighted by Crippen LogP contribution is 2.21. The number of carbonyl (C=O) groups is 1. The molecule has 0 saturated carbocycles. The average molecular weight is 386 g/mol. The normalized spacial score (nSPS) is 8.93. The Morgan fingerprint density at radius 1 is 1.26 bits per heavy atom. The van der Waals surface area contributed by atoms with Crippen molar-refractivity contribution >= 4 is 34.6 Å². The van der Waals surface area contributed by atoms with Gasteiger partial charge in [-0.3, -0.25) is 9.18 Å². The van der Waals surface area contributed by atoms with Crippen LogP contribution in [-0.4, -0.2) is 30.1 Å². The summed E-state index contributed by atoms with van der Waals surface area (Å²) in [6.07, 6.45) is 5.65. The number of halogens is 2. The van der Waals surface area contributed by atoms with E-state index in [2.05, 4.69) is 34.8 Å². The minimum Gasteiger partial charge on any atom is -0.387 e. The molecule has 4 nitrogen and oxygen atoms in total. The molecule has 0 aliphatic rings. The van der Waals surface area contributed by atoms with Crippen molar-refractivity contribution in [3.05, 3.63) is 71.5 Å². The summed E-state index contributed by atoms with van der Waals surface area (Å²) in [4.78, 5) is 13.5. The van der Waals surface area contributed by atoms with Crippen LogP contribution in [0.4, 0.5) is 10.1 Å². The molecular formula is C21H21ClFN3O. The zero-order chi connectivity index (χ0) is 20.2. The highest BCUT2D eigenvalue weighted by Gasteiger charge is 2.06. The van der Waals surface area contributed by atoms with Gasteiger partial charge in [0.2, 0.25) is 0 Å². The minimum atomic E-state index is 0.500. The summed E-state index contributed by atoms with van der Waals surface area (Å²) in [5.74, 6) is 6.37.